The third-order valence-electron chi connectivity index (χ3n) is 3.34. The normalized spacial score (nSPS) is 13.4. The number of benzene rings is 1. The summed E-state index contributed by atoms with van der Waals surface area (Å²) in [6.07, 6.45) is 2.27. The van der Waals surface area contributed by atoms with Gasteiger partial charge in [0.25, 0.3) is 0 Å². The second-order valence-electron chi connectivity index (χ2n) is 5.42. The third kappa shape index (κ3) is 2.91. The minimum absolute atomic E-state index is 0.286. The Kier molecular flexibility index (Phi) is 4.02. The summed E-state index contributed by atoms with van der Waals surface area (Å²) in [5, 5.41) is 15.7. The Morgan fingerprint density at radius 1 is 1.22 bits per heavy atom. The number of para-hydroxylation sites is 1. The first-order chi connectivity index (χ1) is 8.58. The minimum Gasteiger partial charge on any atom is -0.393 e. The molecule has 0 aliphatic rings. The van der Waals surface area contributed by atoms with Crippen molar-refractivity contribution in [3.8, 4) is 0 Å². The number of rotatable bonds is 5. The molecule has 1 atom stereocenters. The molecule has 3 nitrogen and oxygen atoms in total. The van der Waals surface area contributed by atoms with E-state index in [0.717, 1.165) is 29.4 Å². The third-order valence-corrected chi connectivity index (χ3v) is 3.34. The molecule has 0 spiro atoms. The van der Waals surface area contributed by atoms with Gasteiger partial charge in [0.1, 0.15) is 0 Å². The summed E-state index contributed by atoms with van der Waals surface area (Å²) in [5.74, 6) is 0.639. The molecule has 2 rings (SSSR count). The summed E-state index contributed by atoms with van der Waals surface area (Å²) in [4.78, 5) is 0. The van der Waals surface area contributed by atoms with Crippen molar-refractivity contribution >= 4 is 10.9 Å². The minimum atomic E-state index is -0.286. The van der Waals surface area contributed by atoms with Crippen LogP contribution in [0.1, 0.15) is 32.4 Å². The van der Waals surface area contributed by atoms with Crippen molar-refractivity contribution in [2.75, 3.05) is 0 Å². The number of hydrogen-bond acceptors (Lipinski definition) is 2. The number of fused-ring (bicyclic) bond motifs is 1. The van der Waals surface area contributed by atoms with E-state index in [-0.39, 0.29) is 6.10 Å². The SMILES string of the molecule is CC(C)CCC(O)Cc1nn(C)c2ccccc12. The van der Waals surface area contributed by atoms with Crippen LogP contribution in [-0.2, 0) is 13.5 Å². The molecule has 0 amide bonds. The van der Waals surface area contributed by atoms with Gasteiger partial charge in [0.2, 0.25) is 0 Å². The monoisotopic (exact) mass is 246 g/mol. The van der Waals surface area contributed by atoms with Gasteiger partial charge in [-0.1, -0.05) is 32.0 Å². The van der Waals surface area contributed by atoms with Gasteiger partial charge in [0, 0.05) is 18.9 Å². The highest BCUT2D eigenvalue weighted by Gasteiger charge is 2.13. The zero-order valence-corrected chi connectivity index (χ0v) is 11.4. The summed E-state index contributed by atoms with van der Waals surface area (Å²) in [6.45, 7) is 4.37. The van der Waals surface area contributed by atoms with Crippen LogP contribution in [-0.4, -0.2) is 21.0 Å². The van der Waals surface area contributed by atoms with Crippen LogP contribution in [0.15, 0.2) is 24.3 Å². The van der Waals surface area contributed by atoms with Crippen molar-refractivity contribution in [3.63, 3.8) is 0 Å². The fourth-order valence-corrected chi connectivity index (χ4v) is 2.29. The number of aliphatic hydroxyl groups is 1. The van der Waals surface area contributed by atoms with E-state index in [0.29, 0.717) is 12.3 Å². The maximum absolute atomic E-state index is 10.1. The van der Waals surface area contributed by atoms with Crippen LogP contribution < -0.4 is 0 Å². The Morgan fingerprint density at radius 3 is 2.67 bits per heavy atom. The molecule has 0 aliphatic carbocycles. The van der Waals surface area contributed by atoms with Crippen LogP contribution in [0.3, 0.4) is 0 Å². The fraction of sp³-hybridized carbons (Fsp3) is 0.533. The van der Waals surface area contributed by atoms with Gasteiger partial charge in [-0.25, -0.2) is 0 Å². The molecule has 1 unspecified atom stereocenters. The molecule has 2 aromatic rings. The highest BCUT2D eigenvalue weighted by molar-refractivity contribution is 5.81. The molecular formula is C15H22N2O. The summed E-state index contributed by atoms with van der Waals surface area (Å²) in [5.41, 5.74) is 2.13. The predicted molar refractivity (Wildman–Crippen MR) is 74.5 cm³/mol. The molecule has 1 aromatic heterocycles. The van der Waals surface area contributed by atoms with Gasteiger partial charge < -0.3 is 5.11 Å². The number of aromatic nitrogens is 2. The zero-order chi connectivity index (χ0) is 13.1. The predicted octanol–water partition coefficient (Wildman–Crippen LogP) is 2.91. The van der Waals surface area contributed by atoms with Crippen LogP contribution in [0.2, 0.25) is 0 Å². The highest BCUT2D eigenvalue weighted by atomic mass is 16.3. The lowest BCUT2D eigenvalue weighted by atomic mass is 10.0. The number of nitrogens with zero attached hydrogens (tertiary/aromatic N) is 2. The summed E-state index contributed by atoms with van der Waals surface area (Å²) in [7, 11) is 1.95. The van der Waals surface area contributed by atoms with E-state index in [1.807, 2.05) is 23.9 Å². The molecule has 0 radical (unpaired) electrons. The van der Waals surface area contributed by atoms with E-state index in [4.69, 9.17) is 0 Å². The van der Waals surface area contributed by atoms with E-state index in [1.165, 1.54) is 0 Å². The number of hydrogen-bond donors (Lipinski definition) is 1. The van der Waals surface area contributed by atoms with Gasteiger partial charge in [-0.15, -0.1) is 0 Å². The smallest absolute Gasteiger partial charge is 0.0728 e. The van der Waals surface area contributed by atoms with E-state index >= 15 is 0 Å². The first-order valence-corrected chi connectivity index (χ1v) is 6.66. The molecular weight excluding hydrogens is 224 g/mol. The van der Waals surface area contributed by atoms with Crippen LogP contribution >= 0.6 is 0 Å². The van der Waals surface area contributed by atoms with Gasteiger partial charge in [0.05, 0.1) is 17.3 Å². The molecule has 0 saturated carbocycles. The van der Waals surface area contributed by atoms with Crippen molar-refractivity contribution in [2.45, 2.75) is 39.2 Å². The molecule has 1 heterocycles. The van der Waals surface area contributed by atoms with Crippen LogP contribution in [0.25, 0.3) is 10.9 Å². The van der Waals surface area contributed by atoms with E-state index in [1.54, 1.807) is 0 Å². The van der Waals surface area contributed by atoms with E-state index in [9.17, 15) is 5.11 Å². The van der Waals surface area contributed by atoms with E-state index < -0.39 is 0 Å². The molecule has 1 aromatic carbocycles. The number of aryl methyl sites for hydroxylation is 1. The lowest BCUT2D eigenvalue weighted by molar-refractivity contribution is 0.156. The second-order valence-corrected chi connectivity index (χ2v) is 5.42. The van der Waals surface area contributed by atoms with Crippen LogP contribution in [0.5, 0.6) is 0 Å². The first kappa shape index (κ1) is 13.1. The number of aliphatic hydroxyl groups excluding tert-OH is 1. The first-order valence-electron chi connectivity index (χ1n) is 6.66. The van der Waals surface area contributed by atoms with Crippen molar-refractivity contribution in [1.82, 2.24) is 9.78 Å². The van der Waals surface area contributed by atoms with Gasteiger partial charge >= 0.3 is 0 Å². The second kappa shape index (κ2) is 5.53. The summed E-state index contributed by atoms with van der Waals surface area (Å²) < 4.78 is 1.89. The Bertz CT molecular complexity index is 516. The molecule has 18 heavy (non-hydrogen) atoms. The molecule has 98 valence electrons. The molecule has 0 aliphatic heterocycles. The Labute approximate surface area is 108 Å². The Morgan fingerprint density at radius 2 is 1.94 bits per heavy atom. The van der Waals surface area contributed by atoms with Gasteiger partial charge in [0.15, 0.2) is 0 Å². The van der Waals surface area contributed by atoms with Crippen molar-refractivity contribution in [2.24, 2.45) is 13.0 Å². The summed E-state index contributed by atoms with van der Waals surface area (Å²) >= 11 is 0. The van der Waals surface area contributed by atoms with Gasteiger partial charge in [-0.2, -0.15) is 5.10 Å². The lowest BCUT2D eigenvalue weighted by Crippen LogP contribution is -2.12. The Balaban J connectivity index is 2.12. The fourth-order valence-electron chi connectivity index (χ4n) is 2.29. The van der Waals surface area contributed by atoms with E-state index in [2.05, 4.69) is 31.1 Å². The molecule has 0 saturated heterocycles. The maximum atomic E-state index is 10.1. The van der Waals surface area contributed by atoms with Gasteiger partial charge in [-0.05, 0) is 24.8 Å². The zero-order valence-electron chi connectivity index (χ0n) is 11.4. The van der Waals surface area contributed by atoms with Crippen LogP contribution in [0.4, 0.5) is 0 Å². The van der Waals surface area contributed by atoms with Gasteiger partial charge in [-0.3, -0.25) is 4.68 Å². The van der Waals surface area contributed by atoms with Crippen molar-refractivity contribution in [3.05, 3.63) is 30.0 Å². The van der Waals surface area contributed by atoms with Crippen molar-refractivity contribution < 1.29 is 5.11 Å². The largest absolute Gasteiger partial charge is 0.393 e. The highest BCUT2D eigenvalue weighted by Crippen LogP contribution is 2.20. The van der Waals surface area contributed by atoms with Crippen LogP contribution in [0, 0.1) is 5.92 Å². The topological polar surface area (TPSA) is 38.1 Å². The quantitative estimate of drug-likeness (QED) is 0.881. The molecule has 3 heteroatoms. The maximum Gasteiger partial charge on any atom is 0.0728 e. The standard InChI is InChI=1S/C15H22N2O/c1-11(2)8-9-12(18)10-14-13-6-4-5-7-15(13)17(3)16-14/h4-7,11-12,18H,8-10H2,1-3H3. The molecule has 1 N–H and O–H groups in total. The average molecular weight is 246 g/mol. The molecule has 0 fully saturated rings. The Hall–Kier alpha value is -1.35. The van der Waals surface area contributed by atoms with Crippen molar-refractivity contribution in [1.29, 1.82) is 0 Å². The molecule has 0 bridgehead atoms. The lowest BCUT2D eigenvalue weighted by Gasteiger charge is -2.10. The summed E-state index contributed by atoms with van der Waals surface area (Å²) in [6, 6.07) is 8.18. The average Bonchev–Trinajstić information content (AvgIpc) is 2.65.